The molecule has 0 aliphatic heterocycles. The zero-order valence-corrected chi connectivity index (χ0v) is 12.5. The molecule has 21 heavy (non-hydrogen) atoms. The number of rotatable bonds is 8. The van der Waals surface area contributed by atoms with E-state index in [4.69, 9.17) is 5.73 Å². The van der Waals surface area contributed by atoms with Crippen LogP contribution in [-0.2, 0) is 23.1 Å². The molecule has 0 unspecified atom stereocenters. The number of aryl methyl sites for hydroxylation is 1. The molecule has 2 aromatic heterocycles. The van der Waals surface area contributed by atoms with Crippen LogP contribution >= 0.6 is 0 Å². The lowest BCUT2D eigenvalue weighted by Crippen LogP contribution is -2.26. The molecule has 114 valence electrons. The van der Waals surface area contributed by atoms with Crippen LogP contribution in [-0.4, -0.2) is 29.5 Å². The van der Waals surface area contributed by atoms with Crippen molar-refractivity contribution in [1.29, 1.82) is 0 Å². The monoisotopic (exact) mass is 309 g/mol. The summed E-state index contributed by atoms with van der Waals surface area (Å²) in [5.74, 6) is 0. The lowest BCUT2D eigenvalue weighted by atomic mass is 10.3. The highest BCUT2D eigenvalue weighted by Gasteiger charge is 2.17. The molecule has 0 saturated carbocycles. The predicted octanol–water partition coefficient (Wildman–Crippen LogP) is 0.495. The lowest BCUT2D eigenvalue weighted by molar-refractivity contribution is 0.564. The summed E-state index contributed by atoms with van der Waals surface area (Å²) in [6.07, 6.45) is 8.50. The molecule has 0 aliphatic rings. The molecule has 2 rings (SSSR count). The van der Waals surface area contributed by atoms with Crippen LogP contribution in [0.3, 0.4) is 0 Å². The molecule has 7 nitrogen and oxygen atoms in total. The van der Waals surface area contributed by atoms with E-state index in [9.17, 15) is 8.42 Å². The number of hydrogen-bond acceptors (Lipinski definition) is 5. The molecule has 0 amide bonds. The van der Waals surface area contributed by atoms with E-state index >= 15 is 0 Å². The van der Waals surface area contributed by atoms with Gasteiger partial charge < -0.3 is 10.3 Å². The van der Waals surface area contributed by atoms with E-state index in [1.807, 2.05) is 10.8 Å². The second-order valence-electron chi connectivity index (χ2n) is 4.56. The first-order valence-electron chi connectivity index (χ1n) is 6.73. The first-order valence-corrected chi connectivity index (χ1v) is 8.21. The Kier molecular flexibility index (Phi) is 5.43. The SMILES string of the molecule is NCc1ncccc1S(=O)(=O)NCCCCn1ccnc1. The molecule has 0 radical (unpaired) electrons. The zero-order chi connectivity index (χ0) is 15.1. The van der Waals surface area contributed by atoms with Crippen molar-refractivity contribution in [2.45, 2.75) is 30.8 Å². The minimum atomic E-state index is -3.55. The van der Waals surface area contributed by atoms with Crippen LogP contribution in [0.5, 0.6) is 0 Å². The van der Waals surface area contributed by atoms with E-state index < -0.39 is 10.0 Å². The molecule has 8 heteroatoms. The highest BCUT2D eigenvalue weighted by Crippen LogP contribution is 2.12. The minimum Gasteiger partial charge on any atom is -0.337 e. The van der Waals surface area contributed by atoms with Crippen molar-refractivity contribution in [1.82, 2.24) is 19.3 Å². The first-order chi connectivity index (χ1) is 10.1. The fourth-order valence-electron chi connectivity index (χ4n) is 1.94. The van der Waals surface area contributed by atoms with Gasteiger partial charge in [-0.2, -0.15) is 0 Å². The van der Waals surface area contributed by atoms with Crippen molar-refractivity contribution in [2.75, 3.05) is 6.54 Å². The molecule has 0 saturated heterocycles. The van der Waals surface area contributed by atoms with Crippen LogP contribution < -0.4 is 10.5 Å². The zero-order valence-electron chi connectivity index (χ0n) is 11.6. The van der Waals surface area contributed by atoms with Crippen LogP contribution in [0.25, 0.3) is 0 Å². The highest BCUT2D eigenvalue weighted by atomic mass is 32.2. The lowest BCUT2D eigenvalue weighted by Gasteiger charge is -2.09. The van der Waals surface area contributed by atoms with E-state index in [0.29, 0.717) is 12.2 Å². The topological polar surface area (TPSA) is 103 Å². The van der Waals surface area contributed by atoms with Gasteiger partial charge in [0.25, 0.3) is 0 Å². The van der Waals surface area contributed by atoms with Gasteiger partial charge in [0.05, 0.1) is 12.0 Å². The Morgan fingerprint density at radius 2 is 2.14 bits per heavy atom. The maximum absolute atomic E-state index is 12.2. The van der Waals surface area contributed by atoms with Crippen molar-refractivity contribution >= 4 is 10.0 Å². The van der Waals surface area contributed by atoms with Gasteiger partial charge in [0.15, 0.2) is 0 Å². The normalized spacial score (nSPS) is 11.7. The summed E-state index contributed by atoms with van der Waals surface area (Å²) < 4.78 is 28.9. The van der Waals surface area contributed by atoms with Crippen molar-refractivity contribution in [2.24, 2.45) is 5.73 Å². The second-order valence-corrected chi connectivity index (χ2v) is 6.29. The van der Waals surface area contributed by atoms with Crippen LogP contribution in [0.2, 0.25) is 0 Å². The number of unbranched alkanes of at least 4 members (excludes halogenated alkanes) is 1. The smallest absolute Gasteiger partial charge is 0.242 e. The number of hydrogen-bond donors (Lipinski definition) is 2. The number of nitrogens with one attached hydrogen (secondary N) is 1. The van der Waals surface area contributed by atoms with Crippen molar-refractivity contribution in [3.05, 3.63) is 42.7 Å². The maximum Gasteiger partial charge on any atom is 0.242 e. The molecule has 0 spiro atoms. The van der Waals surface area contributed by atoms with Gasteiger partial charge in [0.2, 0.25) is 10.0 Å². The Hall–Kier alpha value is -1.77. The highest BCUT2D eigenvalue weighted by molar-refractivity contribution is 7.89. The quantitative estimate of drug-likeness (QED) is 0.691. The third-order valence-corrected chi connectivity index (χ3v) is 4.56. The molecule has 0 bridgehead atoms. The largest absolute Gasteiger partial charge is 0.337 e. The molecule has 0 aliphatic carbocycles. The van der Waals surface area contributed by atoms with Gasteiger partial charge in [-0.25, -0.2) is 18.1 Å². The Bertz CT molecular complexity index is 655. The van der Waals surface area contributed by atoms with Gasteiger partial charge in [-0.3, -0.25) is 4.98 Å². The Labute approximate surface area is 124 Å². The minimum absolute atomic E-state index is 0.0950. The van der Waals surface area contributed by atoms with Crippen LogP contribution in [0.4, 0.5) is 0 Å². The van der Waals surface area contributed by atoms with E-state index in [2.05, 4.69) is 14.7 Å². The number of nitrogens with zero attached hydrogens (tertiary/aromatic N) is 3. The fourth-order valence-corrected chi connectivity index (χ4v) is 3.22. The van der Waals surface area contributed by atoms with Gasteiger partial charge in [-0.15, -0.1) is 0 Å². The van der Waals surface area contributed by atoms with Gasteiger partial charge >= 0.3 is 0 Å². The molecule has 2 aromatic rings. The van der Waals surface area contributed by atoms with Crippen LogP contribution in [0.1, 0.15) is 18.5 Å². The number of sulfonamides is 1. The van der Waals surface area contributed by atoms with Gasteiger partial charge in [-0.1, -0.05) is 0 Å². The number of imidazole rings is 1. The summed E-state index contributed by atoms with van der Waals surface area (Å²) in [6.45, 7) is 1.30. The average Bonchev–Trinajstić information content (AvgIpc) is 3.00. The summed E-state index contributed by atoms with van der Waals surface area (Å²) in [7, 11) is -3.55. The standard InChI is InChI=1S/C13H19N5O2S/c14-10-12-13(4-3-5-16-12)21(19,20)17-6-1-2-8-18-9-7-15-11-18/h3-5,7,9,11,17H,1-2,6,8,10,14H2. The fraction of sp³-hybridized carbons (Fsp3) is 0.385. The predicted molar refractivity (Wildman–Crippen MR) is 78.8 cm³/mol. The first kappa shape index (κ1) is 15.6. The third kappa shape index (κ3) is 4.35. The van der Waals surface area contributed by atoms with Gasteiger partial charge in [0.1, 0.15) is 4.90 Å². The van der Waals surface area contributed by atoms with E-state index in [-0.39, 0.29) is 11.4 Å². The molecule has 2 heterocycles. The summed E-state index contributed by atoms with van der Waals surface area (Å²) in [5.41, 5.74) is 5.89. The van der Waals surface area contributed by atoms with Crippen molar-refractivity contribution < 1.29 is 8.42 Å². The molecular formula is C13H19N5O2S. The Balaban J connectivity index is 1.84. The number of aromatic nitrogens is 3. The van der Waals surface area contributed by atoms with Crippen molar-refractivity contribution in [3.8, 4) is 0 Å². The summed E-state index contributed by atoms with van der Waals surface area (Å²) in [5, 5.41) is 0. The summed E-state index contributed by atoms with van der Waals surface area (Å²) in [6, 6.07) is 3.11. The van der Waals surface area contributed by atoms with E-state index in [0.717, 1.165) is 19.4 Å². The maximum atomic E-state index is 12.2. The second kappa shape index (κ2) is 7.30. The van der Waals surface area contributed by atoms with Crippen LogP contribution in [0, 0.1) is 0 Å². The molecule has 0 fully saturated rings. The Morgan fingerprint density at radius 1 is 1.29 bits per heavy atom. The molecule has 0 aromatic carbocycles. The van der Waals surface area contributed by atoms with E-state index in [1.54, 1.807) is 18.6 Å². The third-order valence-electron chi connectivity index (χ3n) is 3.03. The number of nitrogens with two attached hydrogens (primary N) is 1. The molecule has 3 N–H and O–H groups in total. The van der Waals surface area contributed by atoms with Gasteiger partial charge in [-0.05, 0) is 25.0 Å². The Morgan fingerprint density at radius 3 is 2.86 bits per heavy atom. The van der Waals surface area contributed by atoms with Crippen molar-refractivity contribution in [3.63, 3.8) is 0 Å². The molecular weight excluding hydrogens is 290 g/mol. The van der Waals surface area contributed by atoms with E-state index in [1.165, 1.54) is 12.3 Å². The van der Waals surface area contributed by atoms with Crippen LogP contribution in [0.15, 0.2) is 41.9 Å². The average molecular weight is 309 g/mol. The number of pyridine rings is 1. The summed E-state index contributed by atoms with van der Waals surface area (Å²) >= 11 is 0. The van der Waals surface area contributed by atoms with Gasteiger partial charge in [0, 0.05) is 38.2 Å². The molecule has 0 atom stereocenters. The summed E-state index contributed by atoms with van der Waals surface area (Å²) in [4.78, 5) is 8.09.